The number of carbonyl (C=O) groups excluding carboxylic acids is 1. The molecule has 0 bridgehead atoms. The number of fused-ring (bicyclic) bond motifs is 1. The first-order chi connectivity index (χ1) is 15.1. The number of hydrogen-bond acceptors (Lipinski definition) is 3. The summed E-state index contributed by atoms with van der Waals surface area (Å²) < 4.78 is 31.8. The van der Waals surface area contributed by atoms with E-state index in [1.54, 1.807) is 18.2 Å². The summed E-state index contributed by atoms with van der Waals surface area (Å²) in [5.41, 5.74) is 0.242. The van der Waals surface area contributed by atoms with E-state index in [1.165, 1.54) is 8.59 Å². The molecular formula is C25H19NO3SSn. The van der Waals surface area contributed by atoms with Gasteiger partial charge in [-0.3, -0.25) is 0 Å². The summed E-state index contributed by atoms with van der Waals surface area (Å²) in [6, 6.07) is 35.4. The third-order valence-corrected chi connectivity index (χ3v) is 23.5. The van der Waals surface area contributed by atoms with Gasteiger partial charge in [0.25, 0.3) is 0 Å². The monoisotopic (exact) mass is 533 g/mol. The van der Waals surface area contributed by atoms with E-state index in [-0.39, 0.29) is 10.5 Å². The van der Waals surface area contributed by atoms with Gasteiger partial charge in [0, 0.05) is 0 Å². The Labute approximate surface area is 186 Å². The topological polar surface area (TPSA) is 54.5 Å². The second-order valence-corrected chi connectivity index (χ2v) is 20.3. The zero-order valence-corrected chi connectivity index (χ0v) is 20.2. The third kappa shape index (κ3) is 2.95. The van der Waals surface area contributed by atoms with Crippen molar-refractivity contribution in [3.8, 4) is 0 Å². The van der Waals surface area contributed by atoms with E-state index in [4.69, 9.17) is 0 Å². The average Bonchev–Trinajstić information content (AvgIpc) is 3.03. The van der Waals surface area contributed by atoms with Crippen LogP contribution in [0.5, 0.6) is 0 Å². The van der Waals surface area contributed by atoms with Crippen molar-refractivity contribution in [3.05, 3.63) is 121 Å². The molecule has 1 aliphatic rings. The number of hydrogen-bond donors (Lipinski definition) is 0. The predicted octanol–water partition coefficient (Wildman–Crippen LogP) is 2.50. The van der Waals surface area contributed by atoms with Crippen molar-refractivity contribution >= 4 is 45.3 Å². The van der Waals surface area contributed by atoms with Crippen LogP contribution in [0, 0.1) is 0 Å². The van der Waals surface area contributed by atoms with Crippen LogP contribution in [0.4, 0.5) is 0 Å². The van der Waals surface area contributed by atoms with Gasteiger partial charge in [0.05, 0.1) is 0 Å². The van der Waals surface area contributed by atoms with Crippen molar-refractivity contribution in [2.45, 2.75) is 4.90 Å². The molecular weight excluding hydrogens is 513 g/mol. The van der Waals surface area contributed by atoms with Crippen molar-refractivity contribution in [2.75, 3.05) is 0 Å². The molecule has 0 atom stereocenters. The van der Waals surface area contributed by atoms with Gasteiger partial charge in [0.1, 0.15) is 0 Å². The second kappa shape index (κ2) is 7.66. The fourth-order valence-corrected chi connectivity index (χ4v) is 23.9. The van der Waals surface area contributed by atoms with Gasteiger partial charge in [-0.25, -0.2) is 0 Å². The third-order valence-electron chi connectivity index (χ3n) is 5.70. The number of rotatable bonds is 4. The Bertz CT molecular complexity index is 1260. The molecule has 0 saturated carbocycles. The van der Waals surface area contributed by atoms with Gasteiger partial charge >= 0.3 is 187 Å². The van der Waals surface area contributed by atoms with Gasteiger partial charge in [0.15, 0.2) is 0 Å². The Hall–Kier alpha value is -2.90. The number of sulfonamides is 1. The molecule has 4 nitrogen and oxygen atoms in total. The second-order valence-electron chi connectivity index (χ2n) is 7.38. The standard InChI is InChI=1S/C7H5NO3S.3C6H5.Sn/c9-7-5-3-1-2-4-6(5)12(10,11)8-7;3*1-2-4-6-5-3-1;/h1-4H,(H,8,9);3*1-5H;/q;;;;+1/p-1. The fourth-order valence-electron chi connectivity index (χ4n) is 4.41. The summed E-state index contributed by atoms with van der Waals surface area (Å²) in [5.74, 6) is -0.442. The Balaban J connectivity index is 1.94. The molecule has 5 rings (SSSR count). The van der Waals surface area contributed by atoms with Crippen LogP contribution >= 0.6 is 0 Å². The summed E-state index contributed by atoms with van der Waals surface area (Å²) in [4.78, 5) is 13.9. The van der Waals surface area contributed by atoms with E-state index in [1.807, 2.05) is 91.0 Å². The van der Waals surface area contributed by atoms with Crippen LogP contribution in [0.1, 0.15) is 10.4 Å². The van der Waals surface area contributed by atoms with Crippen molar-refractivity contribution in [3.63, 3.8) is 0 Å². The van der Waals surface area contributed by atoms with Crippen molar-refractivity contribution in [1.82, 2.24) is 2.53 Å². The summed E-state index contributed by atoms with van der Waals surface area (Å²) >= 11 is -4.58. The molecule has 1 aliphatic heterocycles. The zero-order valence-electron chi connectivity index (χ0n) is 16.5. The van der Waals surface area contributed by atoms with E-state index in [9.17, 15) is 13.2 Å². The van der Waals surface area contributed by atoms with Gasteiger partial charge in [-0.05, 0) is 0 Å². The Kier molecular flexibility index (Phi) is 4.95. The molecule has 31 heavy (non-hydrogen) atoms. The number of amides is 1. The Morgan fingerprint density at radius 1 is 0.548 bits per heavy atom. The predicted molar refractivity (Wildman–Crippen MR) is 124 cm³/mol. The zero-order chi connectivity index (χ0) is 21.5. The summed E-state index contributed by atoms with van der Waals surface area (Å²) in [6.45, 7) is 0. The maximum atomic E-state index is 13.9. The number of carbonyl (C=O) groups is 1. The Morgan fingerprint density at radius 3 is 1.35 bits per heavy atom. The number of nitrogens with zero attached hydrogens (tertiary/aromatic N) is 1. The van der Waals surface area contributed by atoms with Crippen LogP contribution in [0.25, 0.3) is 0 Å². The normalized spacial score (nSPS) is 15.0. The van der Waals surface area contributed by atoms with Crippen LogP contribution < -0.4 is 10.7 Å². The molecule has 0 aliphatic carbocycles. The molecule has 0 fully saturated rings. The molecule has 4 aromatic carbocycles. The SMILES string of the molecule is O=C1c2ccccc2S(=O)(=O)[N]1[Sn]([c]1ccccc1)([c]1ccccc1)[c]1ccccc1. The molecule has 0 aromatic heterocycles. The fraction of sp³-hybridized carbons (Fsp3) is 0. The minimum absolute atomic E-state index is 0.0869. The molecule has 0 spiro atoms. The van der Waals surface area contributed by atoms with Crippen LogP contribution in [-0.4, -0.2) is 35.5 Å². The Morgan fingerprint density at radius 2 is 0.935 bits per heavy atom. The average molecular weight is 532 g/mol. The van der Waals surface area contributed by atoms with Gasteiger partial charge in [-0.1, -0.05) is 0 Å². The van der Waals surface area contributed by atoms with Crippen LogP contribution in [0.3, 0.4) is 0 Å². The minimum atomic E-state index is -4.58. The molecule has 0 unspecified atom stereocenters. The van der Waals surface area contributed by atoms with Crippen molar-refractivity contribution < 1.29 is 13.2 Å². The molecule has 152 valence electrons. The summed E-state index contributed by atoms with van der Waals surface area (Å²) in [7, 11) is -4.02. The molecule has 1 heterocycles. The molecule has 0 N–H and O–H groups in total. The van der Waals surface area contributed by atoms with Gasteiger partial charge in [0.2, 0.25) is 0 Å². The van der Waals surface area contributed by atoms with E-state index >= 15 is 0 Å². The quantitative estimate of drug-likeness (QED) is 0.380. The number of benzene rings is 4. The van der Waals surface area contributed by atoms with Crippen LogP contribution in [0.2, 0.25) is 0 Å². The van der Waals surface area contributed by atoms with Gasteiger partial charge in [-0.15, -0.1) is 0 Å². The van der Waals surface area contributed by atoms with E-state index in [2.05, 4.69) is 0 Å². The van der Waals surface area contributed by atoms with Crippen molar-refractivity contribution in [1.29, 1.82) is 0 Å². The van der Waals surface area contributed by atoms with Crippen LogP contribution in [0.15, 0.2) is 120 Å². The first-order valence-corrected chi connectivity index (χ1v) is 16.9. The van der Waals surface area contributed by atoms with E-state index in [0.717, 1.165) is 10.7 Å². The molecule has 6 heteroatoms. The van der Waals surface area contributed by atoms with Crippen molar-refractivity contribution in [2.24, 2.45) is 0 Å². The summed E-state index contributed by atoms with van der Waals surface area (Å²) in [5, 5.41) is 0. The maximum absolute atomic E-state index is 13.9. The first-order valence-electron chi connectivity index (χ1n) is 9.93. The summed E-state index contributed by atoms with van der Waals surface area (Å²) in [6.07, 6.45) is 0. The van der Waals surface area contributed by atoms with Crippen LogP contribution in [-0.2, 0) is 10.0 Å². The van der Waals surface area contributed by atoms with E-state index in [0.29, 0.717) is 0 Å². The van der Waals surface area contributed by atoms with Gasteiger partial charge in [-0.2, -0.15) is 0 Å². The van der Waals surface area contributed by atoms with Gasteiger partial charge < -0.3 is 0 Å². The molecule has 0 radical (unpaired) electrons. The first kappa shape index (κ1) is 20.0. The molecule has 0 saturated heterocycles. The molecule has 4 aromatic rings. The molecule has 1 amide bonds. The van der Waals surface area contributed by atoms with E-state index < -0.39 is 34.6 Å².